The topological polar surface area (TPSA) is 49.8 Å². The van der Waals surface area contributed by atoms with Crippen LogP contribution in [0, 0.1) is 13.8 Å². The first-order valence-corrected chi connectivity index (χ1v) is 7.66. The van der Waals surface area contributed by atoms with Gasteiger partial charge >= 0.3 is 5.97 Å². The van der Waals surface area contributed by atoms with Crippen LogP contribution >= 0.6 is 0 Å². The summed E-state index contributed by atoms with van der Waals surface area (Å²) in [6.07, 6.45) is 2.92. The van der Waals surface area contributed by atoms with Crippen molar-refractivity contribution in [2.75, 3.05) is 13.1 Å². The Bertz CT molecular complexity index is 584. The largest absolute Gasteiger partial charge is 0.486 e. The first-order chi connectivity index (χ1) is 9.90. The summed E-state index contributed by atoms with van der Waals surface area (Å²) in [6.45, 7) is 7.50. The van der Waals surface area contributed by atoms with Gasteiger partial charge in [-0.3, -0.25) is 9.69 Å². The van der Waals surface area contributed by atoms with Crippen LogP contribution < -0.4 is 4.74 Å². The van der Waals surface area contributed by atoms with Crippen LogP contribution in [0.3, 0.4) is 0 Å². The maximum atomic E-state index is 11.2. The lowest BCUT2D eigenvalue weighted by atomic mass is 9.88. The van der Waals surface area contributed by atoms with Gasteiger partial charge in [0.25, 0.3) is 0 Å². The second-order valence-corrected chi connectivity index (χ2v) is 6.58. The third-order valence-electron chi connectivity index (χ3n) is 4.98. The lowest BCUT2D eigenvalue weighted by Crippen LogP contribution is -2.45. The lowest BCUT2D eigenvalue weighted by molar-refractivity contribution is -0.142. The van der Waals surface area contributed by atoms with Crippen molar-refractivity contribution in [2.45, 2.75) is 51.7 Å². The van der Waals surface area contributed by atoms with Crippen molar-refractivity contribution in [3.63, 3.8) is 0 Å². The van der Waals surface area contributed by atoms with E-state index in [9.17, 15) is 9.90 Å². The quantitative estimate of drug-likeness (QED) is 0.909. The molecule has 0 radical (unpaired) electrons. The third-order valence-corrected chi connectivity index (χ3v) is 4.98. The third kappa shape index (κ3) is 2.53. The minimum Gasteiger partial charge on any atom is -0.486 e. The van der Waals surface area contributed by atoms with E-state index in [-0.39, 0.29) is 5.60 Å². The van der Waals surface area contributed by atoms with Crippen LogP contribution in [0.2, 0.25) is 0 Å². The molecule has 21 heavy (non-hydrogen) atoms. The standard InChI is InChI=1S/C17H23NO3/c1-11-8-12(2)14-4-5-17(21-15(14)9-11)6-7-18(10-17)13(3)16(19)20/h8-9,13H,4-7,10H2,1-3H3,(H,19,20). The van der Waals surface area contributed by atoms with Gasteiger partial charge in [0.05, 0.1) is 0 Å². The van der Waals surface area contributed by atoms with Crippen molar-refractivity contribution in [1.29, 1.82) is 0 Å². The number of likely N-dealkylation sites (tertiary alicyclic amines) is 1. The highest BCUT2D eigenvalue weighted by Gasteiger charge is 2.45. The average molecular weight is 289 g/mol. The molecule has 2 unspecified atom stereocenters. The maximum absolute atomic E-state index is 11.2. The smallest absolute Gasteiger partial charge is 0.320 e. The Morgan fingerprint density at radius 2 is 2.14 bits per heavy atom. The number of hydrogen-bond acceptors (Lipinski definition) is 3. The van der Waals surface area contributed by atoms with Gasteiger partial charge in [0.2, 0.25) is 0 Å². The summed E-state index contributed by atoms with van der Waals surface area (Å²) in [5, 5.41) is 9.18. The van der Waals surface area contributed by atoms with E-state index in [1.54, 1.807) is 6.92 Å². The van der Waals surface area contributed by atoms with E-state index in [1.165, 1.54) is 16.7 Å². The van der Waals surface area contributed by atoms with Gasteiger partial charge in [0.1, 0.15) is 17.4 Å². The Balaban J connectivity index is 1.82. The van der Waals surface area contributed by atoms with E-state index < -0.39 is 12.0 Å². The van der Waals surface area contributed by atoms with E-state index in [0.29, 0.717) is 6.54 Å². The van der Waals surface area contributed by atoms with E-state index in [2.05, 4.69) is 26.0 Å². The summed E-state index contributed by atoms with van der Waals surface area (Å²) in [4.78, 5) is 13.2. The van der Waals surface area contributed by atoms with Gasteiger partial charge in [0.15, 0.2) is 0 Å². The van der Waals surface area contributed by atoms with Crippen LogP contribution in [0.4, 0.5) is 0 Å². The first kappa shape index (κ1) is 14.4. The molecule has 1 fully saturated rings. The second-order valence-electron chi connectivity index (χ2n) is 6.58. The van der Waals surface area contributed by atoms with Crippen molar-refractivity contribution >= 4 is 5.97 Å². The number of carboxylic acid groups (broad SMARTS) is 1. The molecule has 2 aliphatic heterocycles. The molecule has 1 N–H and O–H groups in total. The number of ether oxygens (including phenoxy) is 1. The predicted molar refractivity (Wildman–Crippen MR) is 80.9 cm³/mol. The number of nitrogens with zero attached hydrogens (tertiary/aromatic N) is 1. The monoisotopic (exact) mass is 289 g/mol. The van der Waals surface area contributed by atoms with Gasteiger partial charge in [-0.25, -0.2) is 0 Å². The summed E-state index contributed by atoms with van der Waals surface area (Å²) in [6, 6.07) is 3.88. The van der Waals surface area contributed by atoms with Crippen molar-refractivity contribution < 1.29 is 14.6 Å². The molecule has 1 spiro atoms. The summed E-state index contributed by atoms with van der Waals surface area (Å²) in [7, 11) is 0. The van der Waals surface area contributed by atoms with Crippen LogP contribution in [-0.4, -0.2) is 40.7 Å². The molecule has 0 amide bonds. The Kier molecular flexibility index (Phi) is 3.44. The summed E-state index contributed by atoms with van der Waals surface area (Å²) < 4.78 is 6.37. The molecule has 2 heterocycles. The Morgan fingerprint density at radius 3 is 2.86 bits per heavy atom. The van der Waals surface area contributed by atoms with Crippen LogP contribution in [0.25, 0.3) is 0 Å². The highest BCUT2D eigenvalue weighted by molar-refractivity contribution is 5.73. The normalized spacial score (nSPS) is 26.4. The van der Waals surface area contributed by atoms with Crippen molar-refractivity contribution in [3.8, 4) is 5.75 Å². The molecule has 1 saturated heterocycles. The summed E-state index contributed by atoms with van der Waals surface area (Å²) >= 11 is 0. The number of carboxylic acids is 1. The molecule has 0 aliphatic carbocycles. The van der Waals surface area contributed by atoms with E-state index in [4.69, 9.17) is 4.74 Å². The van der Waals surface area contributed by atoms with Gasteiger partial charge < -0.3 is 9.84 Å². The molecule has 1 aromatic carbocycles. The molecule has 2 aliphatic rings. The lowest BCUT2D eigenvalue weighted by Gasteiger charge is -2.37. The van der Waals surface area contributed by atoms with Gasteiger partial charge in [-0.1, -0.05) is 6.07 Å². The molecule has 1 aromatic rings. The maximum Gasteiger partial charge on any atom is 0.320 e. The zero-order valence-electron chi connectivity index (χ0n) is 13.0. The fourth-order valence-corrected chi connectivity index (χ4v) is 3.66. The van der Waals surface area contributed by atoms with Crippen molar-refractivity contribution in [3.05, 3.63) is 28.8 Å². The fraction of sp³-hybridized carbons (Fsp3) is 0.588. The Morgan fingerprint density at radius 1 is 1.38 bits per heavy atom. The van der Waals surface area contributed by atoms with E-state index in [0.717, 1.165) is 31.6 Å². The van der Waals surface area contributed by atoms with Crippen molar-refractivity contribution in [1.82, 2.24) is 4.90 Å². The molecule has 4 heteroatoms. The molecular weight excluding hydrogens is 266 g/mol. The van der Waals surface area contributed by atoms with Gasteiger partial charge in [-0.05, 0) is 56.4 Å². The molecule has 0 bridgehead atoms. The molecule has 4 nitrogen and oxygen atoms in total. The molecule has 0 saturated carbocycles. The number of carbonyl (C=O) groups is 1. The number of rotatable bonds is 2. The number of aliphatic carboxylic acids is 1. The predicted octanol–water partition coefficient (Wildman–Crippen LogP) is 2.55. The molecule has 114 valence electrons. The highest BCUT2D eigenvalue weighted by Crippen LogP contribution is 2.40. The fourth-order valence-electron chi connectivity index (χ4n) is 3.66. The number of hydrogen-bond donors (Lipinski definition) is 1. The summed E-state index contributed by atoms with van der Waals surface area (Å²) in [5.41, 5.74) is 3.64. The zero-order chi connectivity index (χ0) is 15.2. The SMILES string of the molecule is Cc1cc(C)c2c(c1)OC1(CC2)CCN(C(C)C(=O)O)C1. The van der Waals surface area contributed by atoms with Gasteiger partial charge in [-0.15, -0.1) is 0 Å². The number of fused-ring (bicyclic) bond motifs is 1. The summed E-state index contributed by atoms with van der Waals surface area (Å²) in [5.74, 6) is 0.249. The van der Waals surface area contributed by atoms with Crippen LogP contribution in [-0.2, 0) is 11.2 Å². The molecule has 3 rings (SSSR count). The van der Waals surface area contributed by atoms with Crippen LogP contribution in [0.15, 0.2) is 12.1 Å². The molecular formula is C17H23NO3. The zero-order valence-corrected chi connectivity index (χ0v) is 13.0. The first-order valence-electron chi connectivity index (χ1n) is 7.66. The number of benzene rings is 1. The molecule has 0 aromatic heterocycles. The minimum atomic E-state index is -0.755. The van der Waals surface area contributed by atoms with E-state index in [1.807, 2.05) is 4.90 Å². The van der Waals surface area contributed by atoms with Crippen molar-refractivity contribution in [2.24, 2.45) is 0 Å². The van der Waals surface area contributed by atoms with Crippen LogP contribution in [0.1, 0.15) is 36.5 Å². The van der Waals surface area contributed by atoms with E-state index >= 15 is 0 Å². The average Bonchev–Trinajstić information content (AvgIpc) is 2.80. The Hall–Kier alpha value is -1.55. The van der Waals surface area contributed by atoms with Crippen LogP contribution in [0.5, 0.6) is 5.75 Å². The van der Waals surface area contributed by atoms with Gasteiger partial charge in [0, 0.05) is 19.5 Å². The Labute approximate surface area is 125 Å². The second kappa shape index (κ2) is 5.02. The molecule has 2 atom stereocenters. The highest BCUT2D eigenvalue weighted by atomic mass is 16.5. The van der Waals surface area contributed by atoms with Gasteiger partial charge in [-0.2, -0.15) is 0 Å². The minimum absolute atomic E-state index is 0.197. The number of aryl methyl sites for hydroxylation is 2.